The molecule has 128 valence electrons. The van der Waals surface area contributed by atoms with Crippen LogP contribution in [0.25, 0.3) is 0 Å². The molecule has 22 heavy (non-hydrogen) atoms. The van der Waals surface area contributed by atoms with Crippen LogP contribution in [0.4, 0.5) is 0 Å². The van der Waals surface area contributed by atoms with Gasteiger partial charge in [0.2, 0.25) is 0 Å². The molecule has 6 nitrogen and oxygen atoms in total. The number of quaternary nitrogens is 2. The summed E-state index contributed by atoms with van der Waals surface area (Å²) in [5, 5.41) is 0. The zero-order valence-corrected chi connectivity index (χ0v) is 14.2. The van der Waals surface area contributed by atoms with Crippen LogP contribution in [0.1, 0.15) is 0 Å². The predicted molar refractivity (Wildman–Crippen MR) is 82.7 cm³/mol. The van der Waals surface area contributed by atoms with E-state index < -0.39 is 0 Å². The number of hydrogen-bond acceptors (Lipinski definition) is 4. The molecule has 0 amide bonds. The van der Waals surface area contributed by atoms with Gasteiger partial charge in [-0.15, -0.1) is 0 Å². The highest BCUT2D eigenvalue weighted by Gasteiger charge is 2.36. The predicted octanol–water partition coefficient (Wildman–Crippen LogP) is -0.276. The van der Waals surface area contributed by atoms with Gasteiger partial charge in [0, 0.05) is 0 Å². The highest BCUT2D eigenvalue weighted by molar-refractivity contribution is 4.69. The Labute approximate surface area is 134 Å². The van der Waals surface area contributed by atoms with E-state index in [9.17, 15) is 0 Å². The fourth-order valence-corrected chi connectivity index (χ4v) is 3.71. The lowest BCUT2D eigenvalue weighted by molar-refractivity contribution is -0.922. The van der Waals surface area contributed by atoms with Gasteiger partial charge >= 0.3 is 0 Å². The molecule has 3 saturated heterocycles. The molecule has 0 aromatic rings. The average molecular weight is 316 g/mol. The fraction of sp³-hybridized carbons (Fsp3) is 1.00. The minimum atomic E-state index is 0.231. The van der Waals surface area contributed by atoms with Crippen molar-refractivity contribution in [1.82, 2.24) is 0 Å². The van der Waals surface area contributed by atoms with Crippen LogP contribution < -0.4 is 0 Å². The van der Waals surface area contributed by atoms with E-state index in [4.69, 9.17) is 18.9 Å². The van der Waals surface area contributed by atoms with Gasteiger partial charge in [0.1, 0.15) is 51.5 Å². The maximum Gasteiger partial charge on any atom is 0.130 e. The second-order valence-corrected chi connectivity index (χ2v) is 7.63. The van der Waals surface area contributed by atoms with E-state index >= 15 is 0 Å². The van der Waals surface area contributed by atoms with Crippen LogP contribution in [-0.2, 0) is 18.9 Å². The highest BCUT2D eigenvalue weighted by atomic mass is 16.6. The molecule has 0 aliphatic carbocycles. The van der Waals surface area contributed by atoms with Crippen LogP contribution in [0.15, 0.2) is 0 Å². The molecular weight excluding hydrogens is 284 g/mol. The number of morpholine rings is 2. The summed E-state index contributed by atoms with van der Waals surface area (Å²) in [5.41, 5.74) is 0. The molecule has 0 radical (unpaired) electrons. The third-order valence-electron chi connectivity index (χ3n) is 5.43. The molecule has 3 aliphatic rings. The Morgan fingerprint density at radius 2 is 1.05 bits per heavy atom. The summed E-state index contributed by atoms with van der Waals surface area (Å²) < 4.78 is 25.3. The van der Waals surface area contributed by atoms with Crippen molar-refractivity contribution < 1.29 is 27.9 Å². The Balaban J connectivity index is 1.42. The molecule has 0 N–H and O–H groups in total. The van der Waals surface area contributed by atoms with E-state index in [-0.39, 0.29) is 12.2 Å². The normalized spacial score (nSPS) is 35.2. The average Bonchev–Trinajstić information content (AvgIpc) is 2.50. The van der Waals surface area contributed by atoms with E-state index in [2.05, 4.69) is 14.1 Å². The molecule has 0 aromatic carbocycles. The van der Waals surface area contributed by atoms with Gasteiger partial charge in [-0.2, -0.15) is 0 Å². The molecule has 0 saturated carbocycles. The Morgan fingerprint density at radius 3 is 1.36 bits per heavy atom. The first-order valence-electron chi connectivity index (χ1n) is 8.63. The number of likely N-dealkylation sites (N-methyl/N-ethyl adjacent to an activating group) is 2. The van der Waals surface area contributed by atoms with Crippen molar-refractivity contribution in [2.24, 2.45) is 0 Å². The summed E-state index contributed by atoms with van der Waals surface area (Å²) in [5.74, 6) is 0. The third kappa shape index (κ3) is 4.40. The van der Waals surface area contributed by atoms with Gasteiger partial charge in [-0.3, -0.25) is 0 Å². The number of nitrogens with zero attached hydrogens (tertiary/aromatic N) is 2. The van der Waals surface area contributed by atoms with Crippen molar-refractivity contribution in [2.45, 2.75) is 12.2 Å². The first-order chi connectivity index (χ1) is 10.6. The molecule has 3 aliphatic heterocycles. The molecule has 3 rings (SSSR count). The fourth-order valence-electron chi connectivity index (χ4n) is 3.71. The molecule has 3 fully saturated rings. The van der Waals surface area contributed by atoms with Crippen molar-refractivity contribution in [3.63, 3.8) is 0 Å². The molecule has 2 atom stereocenters. The lowest BCUT2D eigenvalue weighted by atomic mass is 10.2. The molecule has 0 aromatic heterocycles. The molecule has 6 heteroatoms. The largest absolute Gasteiger partial charge is 0.370 e. The van der Waals surface area contributed by atoms with E-state index in [1.54, 1.807) is 0 Å². The van der Waals surface area contributed by atoms with Crippen molar-refractivity contribution in [2.75, 3.05) is 93.0 Å². The van der Waals surface area contributed by atoms with Crippen LogP contribution >= 0.6 is 0 Å². The van der Waals surface area contributed by atoms with E-state index in [1.807, 2.05) is 0 Å². The highest BCUT2D eigenvalue weighted by Crippen LogP contribution is 2.17. The molecule has 0 unspecified atom stereocenters. The van der Waals surface area contributed by atoms with E-state index in [0.717, 1.165) is 87.9 Å². The monoisotopic (exact) mass is 316 g/mol. The minimum absolute atomic E-state index is 0.231. The van der Waals surface area contributed by atoms with Crippen molar-refractivity contribution in [3.05, 3.63) is 0 Å². The van der Waals surface area contributed by atoms with Crippen LogP contribution in [0, 0.1) is 0 Å². The van der Waals surface area contributed by atoms with Crippen LogP contribution in [0.2, 0.25) is 0 Å². The maximum absolute atomic E-state index is 6.12. The van der Waals surface area contributed by atoms with E-state index in [1.165, 1.54) is 0 Å². The van der Waals surface area contributed by atoms with Crippen LogP contribution in [-0.4, -0.2) is 114 Å². The lowest BCUT2D eigenvalue weighted by Gasteiger charge is -2.43. The van der Waals surface area contributed by atoms with Crippen LogP contribution in [0.5, 0.6) is 0 Å². The zero-order chi connectivity index (χ0) is 15.5. The number of rotatable bonds is 4. The summed E-state index contributed by atoms with van der Waals surface area (Å²) in [6.07, 6.45) is 0.462. The first kappa shape index (κ1) is 16.6. The maximum atomic E-state index is 6.12. The Bertz CT molecular complexity index is 312. The van der Waals surface area contributed by atoms with Crippen molar-refractivity contribution >= 4 is 0 Å². The lowest BCUT2D eigenvalue weighted by Crippen LogP contribution is -2.59. The minimum Gasteiger partial charge on any atom is -0.370 e. The number of hydrogen-bond donors (Lipinski definition) is 0. The molecule has 0 spiro atoms. The van der Waals surface area contributed by atoms with Gasteiger partial charge in [-0.25, -0.2) is 0 Å². The summed E-state index contributed by atoms with van der Waals surface area (Å²) in [4.78, 5) is 0. The first-order valence-corrected chi connectivity index (χ1v) is 8.63. The molecule has 3 heterocycles. The Hall–Kier alpha value is -0.240. The van der Waals surface area contributed by atoms with Gasteiger partial charge < -0.3 is 27.9 Å². The second-order valence-electron chi connectivity index (χ2n) is 7.63. The summed E-state index contributed by atoms with van der Waals surface area (Å²) in [7, 11) is 4.61. The second kappa shape index (κ2) is 7.11. The van der Waals surface area contributed by atoms with Crippen LogP contribution in [0.3, 0.4) is 0 Å². The Kier molecular flexibility index (Phi) is 5.37. The SMILES string of the molecule is C[N+]1(C[C@@H]2CO[C@H](C[N+]3(C)CCOCC3)CO2)CCOCC1. The molecule has 0 bridgehead atoms. The zero-order valence-electron chi connectivity index (χ0n) is 14.2. The summed E-state index contributed by atoms with van der Waals surface area (Å²) in [6.45, 7) is 11.3. The van der Waals surface area contributed by atoms with Gasteiger partial charge in [0.05, 0.1) is 53.7 Å². The summed E-state index contributed by atoms with van der Waals surface area (Å²) in [6, 6.07) is 0. The Morgan fingerprint density at radius 1 is 0.682 bits per heavy atom. The summed E-state index contributed by atoms with van der Waals surface area (Å²) >= 11 is 0. The third-order valence-corrected chi connectivity index (χ3v) is 5.43. The number of ether oxygens (including phenoxy) is 4. The van der Waals surface area contributed by atoms with Gasteiger partial charge in [-0.1, -0.05) is 0 Å². The van der Waals surface area contributed by atoms with Gasteiger partial charge in [-0.05, 0) is 0 Å². The molecular formula is C16H32N2O4+2. The topological polar surface area (TPSA) is 36.9 Å². The quantitative estimate of drug-likeness (QED) is 0.669. The standard InChI is InChI=1S/C16H32N2O4/c1-17(3-7-19-8-4-17)11-15-13-22-16(14-21-15)12-18(2)5-9-20-10-6-18/h15-16H,3-14H2,1-2H3/q+2/t15-,16-/m1/s1. The van der Waals surface area contributed by atoms with Crippen molar-refractivity contribution in [3.8, 4) is 0 Å². The van der Waals surface area contributed by atoms with Gasteiger partial charge in [0.15, 0.2) is 0 Å². The van der Waals surface area contributed by atoms with Gasteiger partial charge in [0.25, 0.3) is 0 Å². The van der Waals surface area contributed by atoms with Crippen molar-refractivity contribution in [1.29, 1.82) is 0 Å². The smallest absolute Gasteiger partial charge is 0.130 e. The van der Waals surface area contributed by atoms with E-state index in [0.29, 0.717) is 0 Å².